The van der Waals surface area contributed by atoms with Crippen molar-refractivity contribution in [3.05, 3.63) is 95.6 Å². The van der Waals surface area contributed by atoms with Crippen LogP contribution in [0.3, 0.4) is 0 Å². The Kier molecular flexibility index (Phi) is 6.05. The fourth-order valence-corrected chi connectivity index (χ4v) is 2.73. The number of hydrogen-bond acceptors (Lipinski definition) is 3. The van der Waals surface area contributed by atoms with Gasteiger partial charge in [-0.05, 0) is 23.3 Å². The maximum absolute atomic E-state index is 12.3. The van der Waals surface area contributed by atoms with E-state index in [9.17, 15) is 4.79 Å². The molecule has 0 amide bonds. The van der Waals surface area contributed by atoms with Gasteiger partial charge in [-0.3, -0.25) is 4.79 Å². The minimum absolute atomic E-state index is 0.121. The molecule has 0 saturated carbocycles. The van der Waals surface area contributed by atoms with Crippen LogP contribution in [0.4, 0.5) is 5.69 Å². The zero-order valence-corrected chi connectivity index (χ0v) is 14.9. The van der Waals surface area contributed by atoms with E-state index in [0.29, 0.717) is 25.1 Å². The number of rotatable bonds is 8. The first-order valence-electron chi connectivity index (χ1n) is 8.88. The highest BCUT2D eigenvalue weighted by Gasteiger charge is 2.11. The molecule has 0 atom stereocenters. The minimum Gasteiger partial charge on any atom is -0.489 e. The molecular weight excluding hydrogens is 322 g/mol. The van der Waals surface area contributed by atoms with Gasteiger partial charge in [0.15, 0.2) is 5.78 Å². The monoisotopic (exact) mass is 345 g/mol. The first kappa shape index (κ1) is 17.7. The molecule has 0 saturated heterocycles. The van der Waals surface area contributed by atoms with E-state index in [2.05, 4.69) is 17.4 Å². The van der Waals surface area contributed by atoms with Crippen molar-refractivity contribution in [1.82, 2.24) is 0 Å². The average Bonchev–Trinajstić information content (AvgIpc) is 2.71. The molecule has 0 radical (unpaired) electrons. The molecule has 0 bridgehead atoms. The first-order chi connectivity index (χ1) is 12.8. The Morgan fingerprint density at radius 2 is 1.54 bits per heavy atom. The molecule has 0 aliphatic carbocycles. The van der Waals surface area contributed by atoms with E-state index < -0.39 is 0 Å². The second-order valence-electron chi connectivity index (χ2n) is 6.10. The summed E-state index contributed by atoms with van der Waals surface area (Å²) in [5.41, 5.74) is 3.79. The summed E-state index contributed by atoms with van der Waals surface area (Å²) in [5.74, 6) is 0.868. The Labute approximate surface area is 154 Å². The van der Waals surface area contributed by atoms with E-state index >= 15 is 0 Å². The van der Waals surface area contributed by atoms with E-state index in [-0.39, 0.29) is 5.78 Å². The second-order valence-corrected chi connectivity index (χ2v) is 6.10. The molecule has 26 heavy (non-hydrogen) atoms. The number of ether oxygens (including phenoxy) is 1. The van der Waals surface area contributed by atoms with Gasteiger partial charge in [0.05, 0.1) is 0 Å². The van der Waals surface area contributed by atoms with Gasteiger partial charge < -0.3 is 10.1 Å². The van der Waals surface area contributed by atoms with E-state index in [1.165, 1.54) is 0 Å². The third-order valence-electron chi connectivity index (χ3n) is 4.19. The molecule has 3 heteroatoms. The Bertz CT molecular complexity index is 845. The van der Waals surface area contributed by atoms with Gasteiger partial charge in [0.1, 0.15) is 12.4 Å². The summed E-state index contributed by atoms with van der Waals surface area (Å²) >= 11 is 0. The van der Waals surface area contributed by atoms with Crippen molar-refractivity contribution >= 4 is 11.5 Å². The summed E-state index contributed by atoms with van der Waals surface area (Å²) in [6.45, 7) is 3.04. The van der Waals surface area contributed by atoms with Crippen LogP contribution in [0.25, 0.3) is 0 Å². The first-order valence-corrected chi connectivity index (χ1v) is 8.88. The molecule has 3 rings (SSSR count). The molecule has 3 aromatic rings. The van der Waals surface area contributed by atoms with Crippen molar-refractivity contribution < 1.29 is 9.53 Å². The highest BCUT2D eigenvalue weighted by Crippen LogP contribution is 2.25. The van der Waals surface area contributed by atoms with Crippen LogP contribution in [0.15, 0.2) is 78.9 Å². The van der Waals surface area contributed by atoms with Crippen LogP contribution in [0, 0.1) is 0 Å². The fraction of sp³-hybridized carbons (Fsp3) is 0.174. The van der Waals surface area contributed by atoms with Crippen molar-refractivity contribution in [3.8, 4) is 5.75 Å². The predicted octanol–water partition coefficient (Wildman–Crippen LogP) is 5.47. The van der Waals surface area contributed by atoms with Gasteiger partial charge >= 0.3 is 0 Å². The van der Waals surface area contributed by atoms with Gasteiger partial charge in [0.25, 0.3) is 0 Å². The van der Waals surface area contributed by atoms with E-state index in [1.54, 1.807) is 0 Å². The Hall–Kier alpha value is -3.07. The lowest BCUT2D eigenvalue weighted by atomic mass is 10.1. The fourth-order valence-electron chi connectivity index (χ4n) is 2.73. The van der Waals surface area contributed by atoms with Gasteiger partial charge in [0, 0.05) is 30.3 Å². The summed E-state index contributed by atoms with van der Waals surface area (Å²) in [5, 5.41) is 3.38. The topological polar surface area (TPSA) is 38.3 Å². The van der Waals surface area contributed by atoms with Crippen molar-refractivity contribution in [3.63, 3.8) is 0 Å². The molecule has 0 spiro atoms. The van der Waals surface area contributed by atoms with Crippen molar-refractivity contribution in [2.45, 2.75) is 26.5 Å². The zero-order chi connectivity index (χ0) is 18.2. The number of ketones is 1. The van der Waals surface area contributed by atoms with Crippen molar-refractivity contribution in [1.29, 1.82) is 0 Å². The number of carbonyl (C=O) groups excluding carboxylic acids is 1. The van der Waals surface area contributed by atoms with E-state index in [0.717, 1.165) is 22.6 Å². The summed E-state index contributed by atoms with van der Waals surface area (Å²) in [4.78, 5) is 12.3. The molecule has 0 aromatic heterocycles. The molecular formula is C23H23NO2. The lowest BCUT2D eigenvalue weighted by molar-refractivity contribution is 0.0989. The number of nitrogens with one attached hydrogen (secondary N) is 1. The molecule has 132 valence electrons. The van der Waals surface area contributed by atoms with Crippen LogP contribution in [-0.2, 0) is 13.2 Å². The number of hydrogen-bond donors (Lipinski definition) is 1. The molecule has 0 aliphatic rings. The Morgan fingerprint density at radius 1 is 0.885 bits per heavy atom. The normalized spacial score (nSPS) is 10.3. The smallest absolute Gasteiger partial charge is 0.164 e. The summed E-state index contributed by atoms with van der Waals surface area (Å²) in [6.07, 6.45) is 0.476. The second kappa shape index (κ2) is 8.86. The van der Waals surface area contributed by atoms with E-state index in [1.807, 2.05) is 73.7 Å². The molecule has 0 unspecified atom stereocenters. The van der Waals surface area contributed by atoms with Gasteiger partial charge in [-0.1, -0.05) is 67.6 Å². The number of anilines is 1. The average molecular weight is 345 g/mol. The molecule has 0 heterocycles. The molecule has 1 N–H and O–H groups in total. The van der Waals surface area contributed by atoms with Crippen molar-refractivity contribution in [2.24, 2.45) is 0 Å². The quantitative estimate of drug-likeness (QED) is 0.550. The largest absolute Gasteiger partial charge is 0.489 e. The minimum atomic E-state index is 0.121. The van der Waals surface area contributed by atoms with Crippen LogP contribution in [-0.4, -0.2) is 5.78 Å². The SMILES string of the molecule is CCC(=O)c1ccc(OCc2ccccc2)cc1NCc1ccccc1. The number of benzene rings is 3. The van der Waals surface area contributed by atoms with Gasteiger partial charge in [-0.15, -0.1) is 0 Å². The van der Waals surface area contributed by atoms with Gasteiger partial charge in [0.2, 0.25) is 0 Å². The van der Waals surface area contributed by atoms with Crippen LogP contribution >= 0.6 is 0 Å². The summed E-state index contributed by atoms with van der Waals surface area (Å²) in [6, 6.07) is 25.8. The summed E-state index contributed by atoms with van der Waals surface area (Å²) in [7, 11) is 0. The molecule has 3 nitrogen and oxygen atoms in total. The maximum atomic E-state index is 12.3. The standard InChI is InChI=1S/C23H23NO2/c1-2-23(25)21-14-13-20(26-17-19-11-7-4-8-12-19)15-22(21)24-16-18-9-5-3-6-10-18/h3-15,24H,2,16-17H2,1H3. The maximum Gasteiger partial charge on any atom is 0.164 e. The zero-order valence-electron chi connectivity index (χ0n) is 14.9. The Balaban J connectivity index is 1.76. The highest BCUT2D eigenvalue weighted by molar-refractivity contribution is 6.01. The molecule has 0 fully saturated rings. The van der Waals surface area contributed by atoms with Crippen LogP contribution in [0.5, 0.6) is 5.75 Å². The highest BCUT2D eigenvalue weighted by atomic mass is 16.5. The van der Waals surface area contributed by atoms with Crippen LogP contribution in [0.1, 0.15) is 34.8 Å². The van der Waals surface area contributed by atoms with Crippen LogP contribution < -0.4 is 10.1 Å². The molecule has 0 aliphatic heterocycles. The summed E-state index contributed by atoms with van der Waals surface area (Å²) < 4.78 is 5.90. The van der Waals surface area contributed by atoms with E-state index in [4.69, 9.17) is 4.74 Å². The van der Waals surface area contributed by atoms with Crippen LogP contribution in [0.2, 0.25) is 0 Å². The third kappa shape index (κ3) is 4.73. The lowest BCUT2D eigenvalue weighted by Crippen LogP contribution is -2.07. The third-order valence-corrected chi connectivity index (χ3v) is 4.19. The van der Waals surface area contributed by atoms with Gasteiger partial charge in [-0.2, -0.15) is 0 Å². The predicted molar refractivity (Wildman–Crippen MR) is 106 cm³/mol. The van der Waals surface area contributed by atoms with Gasteiger partial charge in [-0.25, -0.2) is 0 Å². The Morgan fingerprint density at radius 3 is 2.19 bits per heavy atom. The molecule has 3 aromatic carbocycles. The number of carbonyl (C=O) groups is 1. The lowest BCUT2D eigenvalue weighted by Gasteiger charge is -2.14. The van der Waals surface area contributed by atoms with Crippen molar-refractivity contribution in [2.75, 3.05) is 5.32 Å². The number of Topliss-reactive ketones (excluding diaryl/α,β-unsaturated/α-hetero) is 1.